The number of halogens is 1. The van der Waals surface area contributed by atoms with E-state index in [9.17, 15) is 14.4 Å². The first-order valence-electron chi connectivity index (χ1n) is 9.05. The van der Waals surface area contributed by atoms with Gasteiger partial charge in [0.15, 0.2) is 6.73 Å². The Labute approximate surface area is 177 Å². The van der Waals surface area contributed by atoms with Gasteiger partial charge in [0.2, 0.25) is 5.91 Å². The van der Waals surface area contributed by atoms with Gasteiger partial charge < -0.3 is 14.8 Å². The highest BCUT2D eigenvalue weighted by Gasteiger charge is 2.40. The van der Waals surface area contributed by atoms with Gasteiger partial charge in [-0.1, -0.05) is 46.3 Å². The minimum absolute atomic E-state index is 0.0700. The van der Waals surface area contributed by atoms with E-state index >= 15 is 0 Å². The highest BCUT2D eigenvalue weighted by molar-refractivity contribution is 9.10. The van der Waals surface area contributed by atoms with Crippen LogP contribution in [0.4, 0.5) is 10.5 Å². The largest absolute Gasteiger partial charge is 0.444 e. The van der Waals surface area contributed by atoms with Gasteiger partial charge in [-0.25, -0.2) is 9.59 Å². The van der Waals surface area contributed by atoms with Crippen molar-refractivity contribution >= 4 is 39.6 Å². The van der Waals surface area contributed by atoms with Crippen LogP contribution in [0.5, 0.6) is 0 Å². The highest BCUT2D eigenvalue weighted by atomic mass is 79.9. The molecule has 3 rings (SSSR count). The summed E-state index contributed by atoms with van der Waals surface area (Å²) >= 11 is 3.42. The summed E-state index contributed by atoms with van der Waals surface area (Å²) in [6.45, 7) is 3.59. The Kier molecular flexibility index (Phi) is 6.53. The molecule has 1 fully saturated rings. The van der Waals surface area contributed by atoms with Crippen LogP contribution in [0.25, 0.3) is 0 Å². The topological polar surface area (TPSA) is 84.9 Å². The molecule has 29 heavy (non-hydrogen) atoms. The quantitative estimate of drug-likeness (QED) is 0.683. The Morgan fingerprint density at radius 1 is 1.21 bits per heavy atom. The van der Waals surface area contributed by atoms with E-state index < -0.39 is 18.1 Å². The average Bonchev–Trinajstić information content (AvgIpc) is 3.04. The van der Waals surface area contributed by atoms with E-state index in [1.54, 1.807) is 0 Å². The van der Waals surface area contributed by atoms with E-state index in [0.717, 1.165) is 26.1 Å². The van der Waals surface area contributed by atoms with Gasteiger partial charge in [0, 0.05) is 10.2 Å². The van der Waals surface area contributed by atoms with Gasteiger partial charge >= 0.3 is 12.1 Å². The van der Waals surface area contributed by atoms with Crippen molar-refractivity contribution in [2.75, 3.05) is 12.0 Å². The normalized spacial score (nSPS) is 15.8. The maximum absolute atomic E-state index is 12.5. The van der Waals surface area contributed by atoms with Gasteiger partial charge in [-0.3, -0.25) is 9.69 Å². The van der Waals surface area contributed by atoms with Crippen LogP contribution >= 0.6 is 15.9 Å². The zero-order chi connectivity index (χ0) is 21.0. The number of nitrogens with one attached hydrogen (secondary N) is 1. The summed E-state index contributed by atoms with van der Waals surface area (Å²) < 4.78 is 11.1. The lowest BCUT2D eigenvalue weighted by molar-refractivity contribution is -0.140. The summed E-state index contributed by atoms with van der Waals surface area (Å²) in [5, 5.41) is 2.82. The van der Waals surface area contributed by atoms with Crippen molar-refractivity contribution in [1.82, 2.24) is 4.90 Å². The van der Waals surface area contributed by atoms with Crippen molar-refractivity contribution < 1.29 is 23.9 Å². The second kappa shape index (κ2) is 9.09. The molecule has 1 aliphatic heterocycles. The summed E-state index contributed by atoms with van der Waals surface area (Å²) in [5.41, 5.74) is 3.28. The number of carbonyl (C=O) groups is 3. The predicted octanol–water partition coefficient (Wildman–Crippen LogP) is 3.92. The molecule has 0 unspecified atom stereocenters. The summed E-state index contributed by atoms with van der Waals surface area (Å²) in [7, 11) is 0. The number of cyclic esters (lactones) is 1. The monoisotopic (exact) mass is 460 g/mol. The summed E-state index contributed by atoms with van der Waals surface area (Å²) in [6.07, 6.45) is -0.915. The van der Waals surface area contributed by atoms with Gasteiger partial charge in [0.25, 0.3) is 0 Å². The van der Waals surface area contributed by atoms with Crippen LogP contribution in [0.3, 0.4) is 0 Å². The molecule has 2 amide bonds. The Morgan fingerprint density at radius 2 is 1.86 bits per heavy atom. The molecule has 7 nitrogen and oxygen atoms in total. The second-order valence-corrected chi connectivity index (χ2v) is 7.70. The van der Waals surface area contributed by atoms with Crippen LogP contribution in [0, 0.1) is 13.8 Å². The van der Waals surface area contributed by atoms with Gasteiger partial charge in [-0.15, -0.1) is 0 Å². The number of anilines is 1. The minimum Gasteiger partial charge on any atom is -0.444 e. The fourth-order valence-corrected chi connectivity index (χ4v) is 3.78. The lowest BCUT2D eigenvalue weighted by atomic mass is 10.1. The molecule has 0 aromatic heterocycles. The number of aryl methyl sites for hydroxylation is 2. The molecule has 0 saturated carbocycles. The maximum Gasteiger partial charge on any atom is 0.413 e. The predicted molar refractivity (Wildman–Crippen MR) is 110 cm³/mol. The molecule has 1 atom stereocenters. The van der Waals surface area contributed by atoms with Crippen LogP contribution in [0.2, 0.25) is 0 Å². The van der Waals surface area contributed by atoms with Crippen LogP contribution in [-0.2, 0) is 25.7 Å². The maximum atomic E-state index is 12.5. The number of rotatable bonds is 5. The van der Waals surface area contributed by atoms with Crippen LogP contribution in [-0.4, -0.2) is 35.6 Å². The van der Waals surface area contributed by atoms with Crippen molar-refractivity contribution in [3.05, 3.63) is 63.6 Å². The molecule has 152 valence electrons. The molecule has 1 heterocycles. The van der Waals surface area contributed by atoms with E-state index in [-0.39, 0.29) is 25.7 Å². The Balaban J connectivity index is 1.63. The Bertz CT molecular complexity index is 909. The molecule has 0 bridgehead atoms. The zero-order valence-electron chi connectivity index (χ0n) is 16.1. The van der Waals surface area contributed by atoms with E-state index in [4.69, 9.17) is 9.47 Å². The number of hydrogen-bond donors (Lipinski definition) is 1. The third-order valence-electron chi connectivity index (χ3n) is 4.57. The molecule has 1 aliphatic rings. The van der Waals surface area contributed by atoms with E-state index in [2.05, 4.69) is 21.2 Å². The average molecular weight is 461 g/mol. The molecule has 1 N–H and O–H groups in total. The Morgan fingerprint density at radius 3 is 2.52 bits per heavy atom. The fourth-order valence-electron chi connectivity index (χ4n) is 3.10. The molecule has 0 spiro atoms. The van der Waals surface area contributed by atoms with Crippen molar-refractivity contribution in [2.24, 2.45) is 0 Å². The minimum atomic E-state index is -1.02. The molecule has 2 aromatic rings. The molecule has 8 heteroatoms. The Hall–Kier alpha value is -2.87. The van der Waals surface area contributed by atoms with Gasteiger partial charge in [-0.2, -0.15) is 0 Å². The fraction of sp³-hybridized carbons (Fsp3) is 0.286. The molecule has 2 aromatic carbocycles. The number of amides is 2. The smallest absolute Gasteiger partial charge is 0.413 e. The first-order chi connectivity index (χ1) is 13.8. The van der Waals surface area contributed by atoms with Gasteiger partial charge in [0.1, 0.15) is 12.6 Å². The first kappa shape index (κ1) is 20.9. The first-order valence-corrected chi connectivity index (χ1v) is 9.85. The van der Waals surface area contributed by atoms with E-state index in [1.807, 2.05) is 56.3 Å². The molecule has 1 saturated heterocycles. The zero-order valence-corrected chi connectivity index (χ0v) is 17.7. The SMILES string of the molecule is Cc1cc(Br)cc(C)c1NC(=O)C[C@H]1C(=O)OCN1C(=O)OCc1ccccc1. The summed E-state index contributed by atoms with van der Waals surface area (Å²) in [4.78, 5) is 38.1. The third kappa shape index (κ3) is 5.14. The van der Waals surface area contributed by atoms with Crippen molar-refractivity contribution in [3.8, 4) is 0 Å². The van der Waals surface area contributed by atoms with Crippen molar-refractivity contribution in [1.29, 1.82) is 0 Å². The van der Waals surface area contributed by atoms with E-state index in [1.165, 1.54) is 0 Å². The number of hydrogen-bond acceptors (Lipinski definition) is 5. The van der Waals surface area contributed by atoms with E-state index in [0.29, 0.717) is 5.69 Å². The van der Waals surface area contributed by atoms with Crippen LogP contribution in [0.15, 0.2) is 46.9 Å². The number of esters is 1. The standard InChI is InChI=1S/C21H21BrN2O5/c1-13-8-16(22)9-14(2)19(13)23-18(25)10-17-20(26)29-12-24(17)21(27)28-11-15-6-4-3-5-7-15/h3-9,17H,10-12H2,1-2H3,(H,23,25)/t17-/m0/s1. The summed E-state index contributed by atoms with van der Waals surface area (Å²) in [5.74, 6) is -1.01. The van der Waals surface area contributed by atoms with Crippen molar-refractivity contribution in [3.63, 3.8) is 0 Å². The van der Waals surface area contributed by atoms with Gasteiger partial charge in [0.05, 0.1) is 6.42 Å². The second-order valence-electron chi connectivity index (χ2n) is 6.79. The number of ether oxygens (including phenoxy) is 2. The molecular formula is C21H21BrN2O5. The summed E-state index contributed by atoms with van der Waals surface area (Å²) in [6, 6.07) is 11.9. The van der Waals surface area contributed by atoms with Gasteiger partial charge in [-0.05, 0) is 42.7 Å². The van der Waals surface area contributed by atoms with Crippen LogP contribution in [0.1, 0.15) is 23.1 Å². The third-order valence-corrected chi connectivity index (χ3v) is 5.03. The number of benzene rings is 2. The molecule has 0 radical (unpaired) electrons. The lowest BCUT2D eigenvalue weighted by Gasteiger charge is -2.20. The highest BCUT2D eigenvalue weighted by Crippen LogP contribution is 2.26. The molecule has 0 aliphatic carbocycles. The van der Waals surface area contributed by atoms with Crippen molar-refractivity contribution in [2.45, 2.75) is 32.9 Å². The number of carbonyl (C=O) groups excluding carboxylic acids is 3. The van der Waals surface area contributed by atoms with Crippen LogP contribution < -0.4 is 5.32 Å². The lowest BCUT2D eigenvalue weighted by Crippen LogP contribution is -2.40. The molecular weight excluding hydrogens is 440 g/mol. The number of nitrogens with zero attached hydrogens (tertiary/aromatic N) is 1.